The Hall–Kier alpha value is -3.33. The minimum atomic E-state index is -0.430. The van der Waals surface area contributed by atoms with Crippen molar-refractivity contribution >= 4 is 28.6 Å². The Bertz CT molecular complexity index is 1330. The molecule has 1 aliphatic rings. The van der Waals surface area contributed by atoms with Gasteiger partial charge in [0, 0.05) is 41.8 Å². The molecule has 1 fully saturated rings. The van der Waals surface area contributed by atoms with Crippen LogP contribution >= 0.6 is 11.8 Å². The van der Waals surface area contributed by atoms with Gasteiger partial charge in [0.15, 0.2) is 22.5 Å². The number of fused-ring (bicyclic) bond motifs is 1. The van der Waals surface area contributed by atoms with Gasteiger partial charge in [-0.2, -0.15) is 0 Å². The van der Waals surface area contributed by atoms with Crippen molar-refractivity contribution in [3.05, 3.63) is 60.0 Å². The summed E-state index contributed by atoms with van der Waals surface area (Å²) in [6.45, 7) is 2.79. The SMILES string of the molecule is CCN(Cc1ccc(OC)c(F)c1)C(=O)CSc1nnc(-c2c[nH]c3ccccc23)n1C1CC1. The van der Waals surface area contributed by atoms with E-state index < -0.39 is 5.82 Å². The Labute approximate surface area is 201 Å². The zero-order chi connectivity index (χ0) is 23.7. The topological polar surface area (TPSA) is 76.0 Å². The summed E-state index contributed by atoms with van der Waals surface area (Å²) in [7, 11) is 1.43. The van der Waals surface area contributed by atoms with Crippen LogP contribution in [0.1, 0.15) is 31.4 Å². The van der Waals surface area contributed by atoms with Crippen LogP contribution in [-0.2, 0) is 11.3 Å². The first-order chi connectivity index (χ1) is 16.6. The molecule has 2 aromatic carbocycles. The summed E-state index contributed by atoms with van der Waals surface area (Å²) >= 11 is 1.40. The monoisotopic (exact) mass is 479 g/mol. The number of para-hydroxylation sites is 1. The van der Waals surface area contributed by atoms with Crippen molar-refractivity contribution in [2.45, 2.75) is 37.5 Å². The minimum Gasteiger partial charge on any atom is -0.494 e. The van der Waals surface area contributed by atoms with Crippen molar-refractivity contribution in [3.63, 3.8) is 0 Å². The predicted molar refractivity (Wildman–Crippen MR) is 130 cm³/mol. The fraction of sp³-hybridized carbons (Fsp3) is 0.320. The zero-order valence-corrected chi connectivity index (χ0v) is 19.9. The molecule has 2 aromatic heterocycles. The number of ether oxygens (including phenoxy) is 1. The van der Waals surface area contributed by atoms with Crippen molar-refractivity contribution in [1.29, 1.82) is 0 Å². The smallest absolute Gasteiger partial charge is 0.233 e. The number of hydrogen-bond acceptors (Lipinski definition) is 5. The number of nitrogens with one attached hydrogen (secondary N) is 1. The second-order valence-corrected chi connectivity index (χ2v) is 9.26. The average Bonchev–Trinajstić information content (AvgIpc) is 3.46. The summed E-state index contributed by atoms with van der Waals surface area (Å²) in [4.78, 5) is 18.0. The number of aromatic amines is 1. The summed E-state index contributed by atoms with van der Waals surface area (Å²) in [6.07, 6.45) is 4.14. The lowest BCUT2D eigenvalue weighted by Gasteiger charge is -2.21. The van der Waals surface area contributed by atoms with Gasteiger partial charge in [-0.3, -0.25) is 9.36 Å². The predicted octanol–water partition coefficient (Wildman–Crippen LogP) is 5.05. The normalized spacial score (nSPS) is 13.4. The lowest BCUT2D eigenvalue weighted by Crippen LogP contribution is -2.31. The number of H-pyrrole nitrogens is 1. The van der Waals surface area contributed by atoms with Crippen molar-refractivity contribution in [2.24, 2.45) is 0 Å². The summed E-state index contributed by atoms with van der Waals surface area (Å²) in [5.41, 5.74) is 2.80. The number of aromatic nitrogens is 4. The van der Waals surface area contributed by atoms with E-state index in [1.165, 1.54) is 24.9 Å². The Kier molecular flexibility index (Phi) is 6.28. The van der Waals surface area contributed by atoms with Crippen molar-refractivity contribution < 1.29 is 13.9 Å². The molecular weight excluding hydrogens is 453 g/mol. The fourth-order valence-electron chi connectivity index (χ4n) is 4.10. The lowest BCUT2D eigenvalue weighted by atomic mass is 10.1. The van der Waals surface area contributed by atoms with Gasteiger partial charge in [-0.05, 0) is 43.5 Å². The first kappa shape index (κ1) is 22.5. The van der Waals surface area contributed by atoms with E-state index in [1.807, 2.05) is 31.3 Å². The highest BCUT2D eigenvalue weighted by atomic mass is 32.2. The molecule has 0 aliphatic heterocycles. The van der Waals surface area contributed by atoms with Gasteiger partial charge in [0.05, 0.1) is 12.9 Å². The lowest BCUT2D eigenvalue weighted by molar-refractivity contribution is -0.128. The number of carbonyl (C=O) groups is 1. The molecule has 176 valence electrons. The molecule has 4 aromatic rings. The van der Waals surface area contributed by atoms with E-state index in [9.17, 15) is 9.18 Å². The number of carbonyl (C=O) groups excluding carboxylic acids is 1. The number of halogens is 1. The van der Waals surface area contributed by atoms with Gasteiger partial charge in [0.2, 0.25) is 5.91 Å². The highest BCUT2D eigenvalue weighted by molar-refractivity contribution is 7.99. The van der Waals surface area contributed by atoms with E-state index in [-0.39, 0.29) is 17.4 Å². The highest BCUT2D eigenvalue weighted by Crippen LogP contribution is 2.42. The largest absolute Gasteiger partial charge is 0.494 e. The third-order valence-electron chi connectivity index (χ3n) is 6.06. The van der Waals surface area contributed by atoms with E-state index in [2.05, 4.69) is 25.8 Å². The molecular formula is C25H26FN5O2S. The quantitative estimate of drug-likeness (QED) is 0.340. The number of hydrogen-bond donors (Lipinski definition) is 1. The fourth-order valence-corrected chi connectivity index (χ4v) is 5.01. The van der Waals surface area contributed by atoms with Gasteiger partial charge >= 0.3 is 0 Å². The van der Waals surface area contributed by atoms with Crippen LogP contribution in [0.3, 0.4) is 0 Å². The standard InChI is InChI=1S/C25H26FN5O2S/c1-3-30(14-16-8-11-22(33-2)20(26)12-16)23(32)15-34-25-29-28-24(31(25)17-9-10-17)19-13-27-21-7-5-4-6-18(19)21/h4-8,11-13,17,27H,3,9-10,14-15H2,1-2H3. The molecule has 1 amide bonds. The molecule has 1 aliphatic carbocycles. The maximum atomic E-state index is 14.1. The number of thioether (sulfide) groups is 1. The summed E-state index contributed by atoms with van der Waals surface area (Å²) < 4.78 is 21.2. The molecule has 7 nitrogen and oxygen atoms in total. The second kappa shape index (κ2) is 9.50. The van der Waals surface area contributed by atoms with Crippen molar-refractivity contribution in [3.8, 4) is 17.1 Å². The second-order valence-electron chi connectivity index (χ2n) is 8.32. The molecule has 1 saturated carbocycles. The van der Waals surface area contributed by atoms with Gasteiger partial charge in [-0.1, -0.05) is 36.0 Å². The zero-order valence-electron chi connectivity index (χ0n) is 19.1. The highest BCUT2D eigenvalue weighted by Gasteiger charge is 2.31. The third-order valence-corrected chi connectivity index (χ3v) is 6.98. The van der Waals surface area contributed by atoms with Crippen LogP contribution in [0.25, 0.3) is 22.3 Å². The van der Waals surface area contributed by atoms with Gasteiger partial charge in [0.25, 0.3) is 0 Å². The number of amides is 1. The molecule has 0 unspecified atom stereocenters. The molecule has 5 rings (SSSR count). The van der Waals surface area contributed by atoms with Crippen LogP contribution in [-0.4, -0.2) is 50.0 Å². The first-order valence-corrected chi connectivity index (χ1v) is 12.3. The van der Waals surface area contributed by atoms with Gasteiger partial charge in [0.1, 0.15) is 0 Å². The summed E-state index contributed by atoms with van der Waals surface area (Å²) in [6, 6.07) is 13.3. The molecule has 0 atom stereocenters. The summed E-state index contributed by atoms with van der Waals surface area (Å²) in [5.74, 6) is 0.809. The Morgan fingerprint density at radius 3 is 2.82 bits per heavy atom. The van der Waals surface area contributed by atoms with Crippen LogP contribution < -0.4 is 4.74 Å². The van der Waals surface area contributed by atoms with E-state index in [1.54, 1.807) is 17.0 Å². The van der Waals surface area contributed by atoms with Crippen LogP contribution in [0.15, 0.2) is 53.8 Å². The molecule has 0 bridgehead atoms. The number of benzene rings is 2. The third kappa shape index (κ3) is 4.40. The molecule has 1 N–H and O–H groups in total. The van der Waals surface area contributed by atoms with Gasteiger partial charge in [-0.15, -0.1) is 10.2 Å². The van der Waals surface area contributed by atoms with Crippen LogP contribution in [0.4, 0.5) is 4.39 Å². The Balaban J connectivity index is 1.32. The van der Waals surface area contributed by atoms with Crippen LogP contribution in [0.2, 0.25) is 0 Å². The van der Waals surface area contributed by atoms with E-state index in [4.69, 9.17) is 4.74 Å². The summed E-state index contributed by atoms with van der Waals surface area (Å²) in [5, 5.41) is 10.8. The Morgan fingerprint density at radius 1 is 1.26 bits per heavy atom. The molecule has 0 radical (unpaired) electrons. The molecule has 2 heterocycles. The van der Waals surface area contributed by atoms with Crippen LogP contribution in [0, 0.1) is 5.82 Å². The molecule has 9 heteroatoms. The molecule has 0 saturated heterocycles. The molecule has 34 heavy (non-hydrogen) atoms. The van der Waals surface area contributed by atoms with E-state index in [0.717, 1.165) is 45.9 Å². The van der Waals surface area contributed by atoms with Gasteiger partial charge < -0.3 is 14.6 Å². The van der Waals surface area contributed by atoms with Crippen molar-refractivity contribution in [1.82, 2.24) is 24.6 Å². The maximum Gasteiger partial charge on any atom is 0.233 e. The first-order valence-electron chi connectivity index (χ1n) is 11.3. The number of rotatable bonds is 9. The molecule has 0 spiro atoms. The maximum absolute atomic E-state index is 14.1. The van der Waals surface area contributed by atoms with Gasteiger partial charge in [-0.25, -0.2) is 4.39 Å². The van der Waals surface area contributed by atoms with Crippen molar-refractivity contribution in [2.75, 3.05) is 19.4 Å². The minimum absolute atomic E-state index is 0.0253. The Morgan fingerprint density at radius 2 is 2.09 bits per heavy atom. The number of nitrogens with zero attached hydrogens (tertiary/aromatic N) is 4. The van der Waals surface area contributed by atoms with E-state index >= 15 is 0 Å². The number of methoxy groups -OCH3 is 1. The average molecular weight is 480 g/mol. The van der Waals surface area contributed by atoms with E-state index in [0.29, 0.717) is 19.1 Å². The van der Waals surface area contributed by atoms with Crippen LogP contribution in [0.5, 0.6) is 5.75 Å².